The summed E-state index contributed by atoms with van der Waals surface area (Å²) in [6.07, 6.45) is 12.1. The van der Waals surface area contributed by atoms with E-state index in [4.69, 9.17) is 0 Å². The topological polar surface area (TPSA) is 0 Å². The Morgan fingerprint density at radius 1 is 0.880 bits per heavy atom. The van der Waals surface area contributed by atoms with Gasteiger partial charge in [-0.15, -0.1) is 0 Å². The van der Waals surface area contributed by atoms with E-state index < -0.39 is 11.6 Å². The first-order valence-corrected chi connectivity index (χ1v) is 13.1. The Balaban J connectivity index is 1.37. The highest BCUT2D eigenvalue weighted by atomic mass is 28.3. The molecule has 3 heteroatoms. The molecule has 1 aliphatic carbocycles. The highest BCUT2D eigenvalue weighted by Gasteiger charge is 2.25. The first kappa shape index (κ1) is 19.1. The van der Waals surface area contributed by atoms with Gasteiger partial charge in [0.25, 0.3) is 0 Å². The van der Waals surface area contributed by atoms with Crippen LogP contribution in [-0.2, 0) is 0 Å². The minimum absolute atomic E-state index is 0.332. The van der Waals surface area contributed by atoms with Gasteiger partial charge in [-0.05, 0) is 61.1 Å². The molecule has 140 valence electrons. The van der Waals surface area contributed by atoms with Crippen LogP contribution in [0.15, 0.2) is 18.2 Å². The van der Waals surface area contributed by atoms with Crippen molar-refractivity contribution in [1.29, 1.82) is 0 Å². The predicted octanol–water partition coefficient (Wildman–Crippen LogP) is 7.07. The fraction of sp³-hybridized carbons (Fsp3) is 0.727. The van der Waals surface area contributed by atoms with Crippen LogP contribution in [-0.4, -0.2) is 8.80 Å². The van der Waals surface area contributed by atoms with Crippen LogP contribution in [0, 0.1) is 23.5 Å². The fourth-order valence-corrected chi connectivity index (χ4v) is 8.81. The van der Waals surface area contributed by atoms with Gasteiger partial charge in [0.1, 0.15) is 0 Å². The zero-order valence-corrected chi connectivity index (χ0v) is 16.9. The lowest BCUT2D eigenvalue weighted by Gasteiger charge is -2.32. The lowest BCUT2D eigenvalue weighted by molar-refractivity contribution is 0.280. The molecular weight excluding hydrogens is 330 g/mol. The molecule has 0 nitrogen and oxygen atoms in total. The van der Waals surface area contributed by atoms with Crippen LogP contribution in [0.1, 0.15) is 76.2 Å². The van der Waals surface area contributed by atoms with E-state index in [2.05, 4.69) is 6.92 Å². The number of hydrogen-bond donors (Lipinski definition) is 0. The van der Waals surface area contributed by atoms with Crippen LogP contribution < -0.4 is 0 Å². The summed E-state index contributed by atoms with van der Waals surface area (Å²) in [7, 11) is -0.332. The number of hydrogen-bond acceptors (Lipinski definition) is 0. The van der Waals surface area contributed by atoms with E-state index >= 15 is 0 Å². The van der Waals surface area contributed by atoms with Crippen molar-refractivity contribution in [2.45, 2.75) is 88.8 Å². The van der Waals surface area contributed by atoms with Gasteiger partial charge in [0.05, 0.1) is 0 Å². The normalized spacial score (nSPS) is 30.4. The third-order valence-electron chi connectivity index (χ3n) is 6.91. The van der Waals surface area contributed by atoms with Crippen molar-refractivity contribution in [3.05, 3.63) is 35.4 Å². The quantitative estimate of drug-likeness (QED) is 0.474. The van der Waals surface area contributed by atoms with Gasteiger partial charge < -0.3 is 0 Å². The van der Waals surface area contributed by atoms with Crippen molar-refractivity contribution >= 4 is 8.80 Å². The van der Waals surface area contributed by atoms with Crippen LogP contribution in [0.5, 0.6) is 0 Å². The van der Waals surface area contributed by atoms with E-state index in [0.29, 0.717) is 5.92 Å². The Kier molecular flexibility index (Phi) is 7.09. The predicted molar refractivity (Wildman–Crippen MR) is 105 cm³/mol. The molecule has 1 aromatic rings. The molecule has 2 aliphatic rings. The van der Waals surface area contributed by atoms with Crippen molar-refractivity contribution in [2.75, 3.05) is 0 Å². The van der Waals surface area contributed by atoms with Crippen molar-refractivity contribution in [3.63, 3.8) is 0 Å². The van der Waals surface area contributed by atoms with E-state index in [-0.39, 0.29) is 8.80 Å². The highest BCUT2D eigenvalue weighted by Crippen LogP contribution is 2.39. The largest absolute Gasteiger partial charge is 0.204 e. The highest BCUT2D eigenvalue weighted by molar-refractivity contribution is 6.58. The van der Waals surface area contributed by atoms with E-state index in [1.165, 1.54) is 57.1 Å². The van der Waals surface area contributed by atoms with Crippen LogP contribution in [0.2, 0.25) is 18.1 Å². The number of rotatable bonds is 6. The monoisotopic (exact) mass is 364 g/mol. The second-order valence-electron chi connectivity index (χ2n) is 8.64. The molecule has 0 N–H and O–H groups in total. The second-order valence-corrected chi connectivity index (χ2v) is 12.1. The van der Waals surface area contributed by atoms with Crippen LogP contribution >= 0.6 is 0 Å². The van der Waals surface area contributed by atoms with Crippen LogP contribution in [0.25, 0.3) is 0 Å². The van der Waals surface area contributed by atoms with E-state index in [0.717, 1.165) is 30.2 Å². The molecule has 1 aromatic carbocycles. The minimum Gasteiger partial charge on any atom is -0.204 e. The van der Waals surface area contributed by atoms with Gasteiger partial charge in [0.2, 0.25) is 0 Å². The first-order chi connectivity index (χ1) is 12.2. The average Bonchev–Trinajstić information content (AvgIpc) is 2.64. The van der Waals surface area contributed by atoms with Crippen LogP contribution in [0.3, 0.4) is 0 Å². The van der Waals surface area contributed by atoms with Gasteiger partial charge in [-0.2, -0.15) is 0 Å². The molecule has 2 fully saturated rings. The molecule has 0 radical (unpaired) electrons. The lowest BCUT2D eigenvalue weighted by Crippen LogP contribution is -2.22. The molecule has 0 aromatic heterocycles. The summed E-state index contributed by atoms with van der Waals surface area (Å²) in [5, 5.41) is 0. The van der Waals surface area contributed by atoms with Gasteiger partial charge in [-0.1, -0.05) is 63.2 Å². The molecule has 1 saturated carbocycles. The Morgan fingerprint density at radius 3 is 2.12 bits per heavy atom. The maximum absolute atomic E-state index is 13.4. The Hall–Kier alpha value is -0.703. The molecular formula is C22H34F2Si. The van der Waals surface area contributed by atoms with Gasteiger partial charge in [0, 0.05) is 8.80 Å². The Morgan fingerprint density at radius 2 is 1.52 bits per heavy atom. The molecule has 3 rings (SSSR count). The van der Waals surface area contributed by atoms with Gasteiger partial charge in [0.15, 0.2) is 11.6 Å². The maximum Gasteiger partial charge on any atom is 0.159 e. The van der Waals surface area contributed by atoms with E-state index in [1.807, 2.05) is 0 Å². The molecule has 1 saturated heterocycles. The van der Waals surface area contributed by atoms with Crippen molar-refractivity contribution < 1.29 is 8.78 Å². The maximum atomic E-state index is 13.4. The number of halogens is 2. The first-order valence-electron chi connectivity index (χ1n) is 10.6. The Labute approximate surface area is 154 Å². The molecule has 1 heterocycles. The molecule has 0 spiro atoms. The molecule has 1 aliphatic heterocycles. The summed E-state index contributed by atoms with van der Waals surface area (Å²) in [6, 6.07) is 9.25. The summed E-state index contributed by atoms with van der Waals surface area (Å²) in [5.41, 5.74) is 0.997. The van der Waals surface area contributed by atoms with Gasteiger partial charge >= 0.3 is 0 Å². The molecule has 0 unspecified atom stereocenters. The molecule has 0 bridgehead atoms. The number of benzene rings is 1. The zero-order chi connectivity index (χ0) is 17.6. The smallest absolute Gasteiger partial charge is 0.159 e. The zero-order valence-electron chi connectivity index (χ0n) is 15.8. The fourth-order valence-electron chi connectivity index (χ4n) is 5.24. The second kappa shape index (κ2) is 9.30. The summed E-state index contributed by atoms with van der Waals surface area (Å²) in [5.74, 6) is 0.884. The standard InChI is InChI=1S/C22H34F2Si/c1-2-13-25-14-11-18(12-15-25)4-3-17-5-7-19(8-6-17)20-9-10-21(23)22(24)16-20/h9-10,16-19,25H,2-8,11-15H2,1H3/t17-,18-,19-,25-. The van der Waals surface area contributed by atoms with Crippen molar-refractivity contribution in [1.82, 2.24) is 0 Å². The SMILES string of the molecule is CCC[Si@H]1CC[C@H](CC[C@H]2CC[C@H](c3ccc(F)c(F)c3)CC2)CC1. The van der Waals surface area contributed by atoms with Gasteiger partial charge in [-0.25, -0.2) is 8.78 Å². The Bertz CT molecular complexity index is 529. The summed E-state index contributed by atoms with van der Waals surface area (Å²) >= 11 is 0. The minimum atomic E-state index is -0.728. The van der Waals surface area contributed by atoms with Gasteiger partial charge in [-0.3, -0.25) is 0 Å². The lowest BCUT2D eigenvalue weighted by atomic mass is 9.76. The van der Waals surface area contributed by atoms with E-state index in [9.17, 15) is 8.78 Å². The third kappa shape index (κ3) is 5.38. The average molecular weight is 365 g/mol. The van der Waals surface area contributed by atoms with Crippen LogP contribution in [0.4, 0.5) is 8.78 Å². The van der Waals surface area contributed by atoms with Crippen molar-refractivity contribution in [2.24, 2.45) is 11.8 Å². The summed E-state index contributed by atoms with van der Waals surface area (Å²) in [4.78, 5) is 0. The summed E-state index contributed by atoms with van der Waals surface area (Å²) < 4.78 is 26.5. The third-order valence-corrected chi connectivity index (χ3v) is 10.6. The van der Waals surface area contributed by atoms with E-state index in [1.54, 1.807) is 24.2 Å². The molecule has 0 amide bonds. The molecule has 0 atom stereocenters. The van der Waals surface area contributed by atoms with Crippen molar-refractivity contribution in [3.8, 4) is 0 Å². The molecule has 25 heavy (non-hydrogen) atoms. The summed E-state index contributed by atoms with van der Waals surface area (Å²) in [6.45, 7) is 2.34.